The van der Waals surface area contributed by atoms with Crippen molar-refractivity contribution < 1.29 is 14.3 Å². The normalized spacial score (nSPS) is 10.8. The van der Waals surface area contributed by atoms with Crippen molar-refractivity contribution in [2.24, 2.45) is 0 Å². The Labute approximate surface area is 100 Å². The minimum atomic E-state index is -0.472. The highest BCUT2D eigenvalue weighted by atomic mass is 16.5. The first-order valence-corrected chi connectivity index (χ1v) is 5.24. The summed E-state index contributed by atoms with van der Waals surface area (Å²) in [6.07, 6.45) is 1.25. The predicted octanol–water partition coefficient (Wildman–Crippen LogP) is 1.77. The van der Waals surface area contributed by atoms with Crippen LogP contribution in [0.4, 0.5) is 0 Å². The van der Waals surface area contributed by atoms with Gasteiger partial charge in [-0.1, -0.05) is 30.3 Å². The molecule has 0 saturated carbocycles. The molecule has 0 aliphatic carbocycles. The summed E-state index contributed by atoms with van der Waals surface area (Å²) in [5.41, 5.74) is 1.39. The maximum absolute atomic E-state index is 11.4. The number of hydrogen-bond donors (Lipinski definition) is 1. The van der Waals surface area contributed by atoms with E-state index in [-0.39, 0.29) is 12.5 Å². The fourth-order valence-electron chi connectivity index (χ4n) is 1.26. The van der Waals surface area contributed by atoms with Crippen molar-refractivity contribution in [2.75, 3.05) is 0 Å². The number of benzene rings is 1. The molecule has 90 valence electrons. The molecule has 0 aliphatic heterocycles. The van der Waals surface area contributed by atoms with Crippen molar-refractivity contribution in [1.29, 1.82) is 0 Å². The molecule has 17 heavy (non-hydrogen) atoms. The first kappa shape index (κ1) is 13.0. The number of allylic oxidation sites excluding steroid dienone is 1. The van der Waals surface area contributed by atoms with Crippen LogP contribution in [0.3, 0.4) is 0 Å². The minimum absolute atomic E-state index is 0.213. The van der Waals surface area contributed by atoms with Crippen LogP contribution in [0.25, 0.3) is 0 Å². The fourth-order valence-corrected chi connectivity index (χ4v) is 1.26. The molecule has 0 atom stereocenters. The predicted molar refractivity (Wildman–Crippen MR) is 63.8 cm³/mol. The van der Waals surface area contributed by atoms with Gasteiger partial charge in [0.05, 0.1) is 0 Å². The molecule has 1 aromatic rings. The van der Waals surface area contributed by atoms with Crippen molar-refractivity contribution in [3.8, 4) is 0 Å². The number of esters is 1. The maximum Gasteiger partial charge on any atom is 0.332 e. The third-order valence-electron chi connectivity index (χ3n) is 1.93. The molecule has 1 amide bonds. The zero-order chi connectivity index (χ0) is 12.7. The quantitative estimate of drug-likeness (QED) is 0.637. The van der Waals surface area contributed by atoms with E-state index in [1.54, 1.807) is 6.92 Å². The van der Waals surface area contributed by atoms with Crippen LogP contribution in [-0.2, 0) is 20.9 Å². The molecular formula is C13H15NO3. The monoisotopic (exact) mass is 233 g/mol. The maximum atomic E-state index is 11.4. The molecule has 0 heterocycles. The summed E-state index contributed by atoms with van der Waals surface area (Å²) < 4.78 is 5.01. The van der Waals surface area contributed by atoms with Gasteiger partial charge in [-0.2, -0.15) is 0 Å². The number of ether oxygens (including phenoxy) is 1. The molecule has 0 spiro atoms. The van der Waals surface area contributed by atoms with Gasteiger partial charge in [-0.25, -0.2) is 4.79 Å². The SMILES string of the molecule is CC(=O)N/C(C)=C\C(=O)OCc1ccccc1. The van der Waals surface area contributed by atoms with Crippen LogP contribution >= 0.6 is 0 Å². The van der Waals surface area contributed by atoms with Crippen LogP contribution in [-0.4, -0.2) is 11.9 Å². The second-order valence-corrected chi connectivity index (χ2v) is 3.60. The number of hydrogen-bond acceptors (Lipinski definition) is 3. The molecule has 0 fully saturated rings. The summed E-state index contributed by atoms with van der Waals surface area (Å²) in [4.78, 5) is 22.1. The summed E-state index contributed by atoms with van der Waals surface area (Å²) in [5.74, 6) is -0.685. The fraction of sp³-hybridized carbons (Fsp3) is 0.231. The van der Waals surface area contributed by atoms with Crippen molar-refractivity contribution in [3.05, 3.63) is 47.7 Å². The Morgan fingerprint density at radius 3 is 2.47 bits per heavy atom. The molecule has 4 nitrogen and oxygen atoms in total. The Bertz CT molecular complexity index is 424. The van der Waals surface area contributed by atoms with E-state index in [0.717, 1.165) is 5.56 Å². The zero-order valence-corrected chi connectivity index (χ0v) is 9.90. The topological polar surface area (TPSA) is 55.4 Å². The first-order valence-electron chi connectivity index (χ1n) is 5.24. The van der Waals surface area contributed by atoms with Crippen LogP contribution in [0, 0.1) is 0 Å². The smallest absolute Gasteiger partial charge is 0.332 e. The lowest BCUT2D eigenvalue weighted by Crippen LogP contribution is -2.18. The highest BCUT2D eigenvalue weighted by Crippen LogP contribution is 2.01. The molecule has 1 N–H and O–H groups in total. The molecule has 0 aliphatic rings. The van der Waals surface area contributed by atoms with E-state index in [0.29, 0.717) is 5.70 Å². The van der Waals surface area contributed by atoms with E-state index in [4.69, 9.17) is 4.74 Å². The summed E-state index contributed by atoms with van der Waals surface area (Å²) >= 11 is 0. The van der Waals surface area contributed by atoms with E-state index >= 15 is 0 Å². The lowest BCUT2D eigenvalue weighted by Gasteiger charge is -2.03. The summed E-state index contributed by atoms with van der Waals surface area (Å²) in [5, 5.41) is 2.49. The van der Waals surface area contributed by atoms with Gasteiger partial charge < -0.3 is 10.1 Å². The molecular weight excluding hydrogens is 218 g/mol. The Kier molecular flexibility index (Phi) is 4.94. The number of rotatable bonds is 4. The van der Waals surface area contributed by atoms with Gasteiger partial charge in [0.25, 0.3) is 0 Å². The van der Waals surface area contributed by atoms with E-state index in [9.17, 15) is 9.59 Å². The summed E-state index contributed by atoms with van der Waals surface area (Å²) in [7, 11) is 0. The Morgan fingerprint density at radius 2 is 1.88 bits per heavy atom. The van der Waals surface area contributed by atoms with Gasteiger partial charge in [0.1, 0.15) is 6.61 Å². The molecule has 1 rings (SSSR count). The highest BCUT2D eigenvalue weighted by Gasteiger charge is 2.01. The van der Waals surface area contributed by atoms with Gasteiger partial charge in [0, 0.05) is 18.7 Å². The van der Waals surface area contributed by atoms with E-state index in [1.165, 1.54) is 13.0 Å². The van der Waals surface area contributed by atoms with Crippen molar-refractivity contribution >= 4 is 11.9 Å². The van der Waals surface area contributed by atoms with Crippen LogP contribution in [0.1, 0.15) is 19.4 Å². The van der Waals surface area contributed by atoms with Gasteiger partial charge >= 0.3 is 5.97 Å². The molecule has 0 bridgehead atoms. The standard InChI is InChI=1S/C13H15NO3/c1-10(14-11(2)15)8-13(16)17-9-12-6-4-3-5-7-12/h3-8H,9H2,1-2H3,(H,14,15)/b10-8-. The minimum Gasteiger partial charge on any atom is -0.458 e. The molecule has 1 aromatic carbocycles. The lowest BCUT2D eigenvalue weighted by atomic mass is 10.2. The number of amides is 1. The largest absolute Gasteiger partial charge is 0.458 e. The number of carbonyl (C=O) groups excluding carboxylic acids is 2. The third-order valence-corrected chi connectivity index (χ3v) is 1.93. The van der Waals surface area contributed by atoms with Crippen molar-refractivity contribution in [1.82, 2.24) is 5.32 Å². The average molecular weight is 233 g/mol. The molecule has 0 unspecified atom stereocenters. The van der Waals surface area contributed by atoms with E-state index in [2.05, 4.69) is 5.32 Å². The van der Waals surface area contributed by atoms with Gasteiger partial charge in [-0.15, -0.1) is 0 Å². The Morgan fingerprint density at radius 1 is 1.24 bits per heavy atom. The Balaban J connectivity index is 2.43. The van der Waals surface area contributed by atoms with Gasteiger partial charge in [0.2, 0.25) is 5.91 Å². The van der Waals surface area contributed by atoms with E-state index < -0.39 is 5.97 Å². The van der Waals surface area contributed by atoms with Crippen LogP contribution in [0.15, 0.2) is 42.1 Å². The highest BCUT2D eigenvalue weighted by molar-refractivity contribution is 5.84. The zero-order valence-electron chi connectivity index (χ0n) is 9.90. The average Bonchev–Trinajstić information content (AvgIpc) is 2.26. The summed E-state index contributed by atoms with van der Waals surface area (Å²) in [6, 6.07) is 9.39. The van der Waals surface area contributed by atoms with E-state index in [1.807, 2.05) is 30.3 Å². The van der Waals surface area contributed by atoms with Crippen LogP contribution in [0.2, 0.25) is 0 Å². The number of carbonyl (C=O) groups is 2. The van der Waals surface area contributed by atoms with Gasteiger partial charge in [0.15, 0.2) is 0 Å². The lowest BCUT2D eigenvalue weighted by molar-refractivity contribution is -0.139. The molecule has 0 aromatic heterocycles. The molecule has 4 heteroatoms. The van der Waals surface area contributed by atoms with Crippen molar-refractivity contribution in [2.45, 2.75) is 20.5 Å². The number of nitrogens with one attached hydrogen (secondary N) is 1. The van der Waals surface area contributed by atoms with Crippen molar-refractivity contribution in [3.63, 3.8) is 0 Å². The Hall–Kier alpha value is -2.10. The molecule has 0 radical (unpaired) electrons. The van der Waals surface area contributed by atoms with Crippen LogP contribution < -0.4 is 5.32 Å². The van der Waals surface area contributed by atoms with Crippen LogP contribution in [0.5, 0.6) is 0 Å². The summed E-state index contributed by atoms with van der Waals surface area (Å²) in [6.45, 7) is 3.24. The third kappa shape index (κ3) is 5.51. The second-order valence-electron chi connectivity index (χ2n) is 3.60. The van der Waals surface area contributed by atoms with Gasteiger partial charge in [-0.05, 0) is 12.5 Å². The first-order chi connectivity index (χ1) is 8.08. The van der Waals surface area contributed by atoms with Gasteiger partial charge in [-0.3, -0.25) is 4.79 Å². The second kappa shape index (κ2) is 6.48. The molecule has 0 saturated heterocycles.